The van der Waals surface area contributed by atoms with Gasteiger partial charge in [-0.05, 0) is 74.9 Å². The molecule has 2 saturated heterocycles. The van der Waals surface area contributed by atoms with E-state index in [2.05, 4.69) is 55.8 Å². The van der Waals surface area contributed by atoms with E-state index in [-0.39, 0.29) is 37.6 Å². The maximum Gasteiger partial charge on any atom is 0.350 e. The summed E-state index contributed by atoms with van der Waals surface area (Å²) in [6.45, 7) is 14.3. The summed E-state index contributed by atoms with van der Waals surface area (Å²) in [6, 6.07) is 16.3. The van der Waals surface area contributed by atoms with Crippen LogP contribution in [0.3, 0.4) is 0 Å². The summed E-state index contributed by atoms with van der Waals surface area (Å²) in [5, 5.41) is 9.30. The molecule has 2 aromatic carbocycles. The number of halogens is 2. The maximum atomic E-state index is 12.8. The Hall–Kier alpha value is -4.36. The lowest BCUT2D eigenvalue weighted by molar-refractivity contribution is -0.150. The highest BCUT2D eigenvalue weighted by Gasteiger charge is 2.46. The smallest absolute Gasteiger partial charge is 0.350 e. The van der Waals surface area contributed by atoms with E-state index in [1.165, 1.54) is 11.0 Å². The number of allylic oxidation sites excluding steroid dienone is 3. The van der Waals surface area contributed by atoms with Crippen molar-refractivity contribution in [2.75, 3.05) is 49.2 Å². The van der Waals surface area contributed by atoms with Gasteiger partial charge in [-0.25, -0.2) is 23.7 Å². The van der Waals surface area contributed by atoms with Gasteiger partial charge in [-0.3, -0.25) is 0 Å². The predicted molar refractivity (Wildman–Crippen MR) is 195 cm³/mol. The molecule has 2 aromatic heterocycles. The lowest BCUT2D eigenvalue weighted by atomic mass is 10.1. The van der Waals surface area contributed by atoms with E-state index in [0.717, 1.165) is 55.4 Å². The van der Waals surface area contributed by atoms with Gasteiger partial charge in [0.05, 0.1) is 23.4 Å². The maximum absolute atomic E-state index is 12.8. The Bertz CT molecular complexity index is 1860. The molecule has 4 heterocycles. The van der Waals surface area contributed by atoms with E-state index in [9.17, 15) is 4.79 Å². The minimum Gasteiger partial charge on any atom is -0.491 e. The highest BCUT2D eigenvalue weighted by Crippen LogP contribution is 2.38. The molecule has 0 N–H and O–H groups in total. The van der Waals surface area contributed by atoms with Gasteiger partial charge in [0.25, 0.3) is 0 Å². The Labute approximate surface area is 301 Å². The third kappa shape index (κ3) is 7.83. The number of aromatic nitrogens is 6. The van der Waals surface area contributed by atoms with E-state index in [1.54, 1.807) is 34.1 Å². The SMILES string of the molecule is C=C(C(Cl)=CC(Cl)=CC)C1(Cn2cncn2)OCC(COc2ccc(N3CCN(c4ccc(-n5cnn(C(C)CC)c5=O)cc4)CC3)cc2)O1. The molecule has 264 valence electrons. The molecule has 3 atom stereocenters. The van der Waals surface area contributed by atoms with E-state index in [4.69, 9.17) is 37.4 Å². The minimum atomic E-state index is -1.26. The first-order chi connectivity index (χ1) is 24.2. The van der Waals surface area contributed by atoms with Crippen molar-refractivity contribution in [2.45, 2.75) is 51.7 Å². The number of ether oxygens (including phenoxy) is 3. The number of hydrogen-bond donors (Lipinski definition) is 0. The molecule has 2 fully saturated rings. The average Bonchev–Trinajstić information content (AvgIpc) is 3.91. The second-order valence-electron chi connectivity index (χ2n) is 12.3. The summed E-state index contributed by atoms with van der Waals surface area (Å²) in [4.78, 5) is 21.6. The van der Waals surface area contributed by atoms with Crippen molar-refractivity contribution >= 4 is 34.6 Å². The van der Waals surface area contributed by atoms with Crippen molar-refractivity contribution in [3.63, 3.8) is 0 Å². The molecule has 0 aliphatic carbocycles. The summed E-state index contributed by atoms with van der Waals surface area (Å²) in [7, 11) is 0. The van der Waals surface area contributed by atoms with Crippen molar-refractivity contribution in [1.29, 1.82) is 0 Å². The molecule has 14 heteroatoms. The molecule has 12 nitrogen and oxygen atoms in total. The lowest BCUT2D eigenvalue weighted by Gasteiger charge is -2.37. The van der Waals surface area contributed by atoms with E-state index >= 15 is 0 Å². The zero-order valence-corrected chi connectivity index (χ0v) is 30.0. The summed E-state index contributed by atoms with van der Waals surface area (Å²) < 4.78 is 23.5. The zero-order valence-electron chi connectivity index (χ0n) is 28.5. The van der Waals surface area contributed by atoms with Gasteiger partial charge in [0, 0.05) is 48.2 Å². The molecule has 50 heavy (non-hydrogen) atoms. The van der Waals surface area contributed by atoms with Crippen molar-refractivity contribution in [3.8, 4) is 11.4 Å². The highest BCUT2D eigenvalue weighted by atomic mass is 35.5. The van der Waals surface area contributed by atoms with Crippen molar-refractivity contribution in [3.05, 3.63) is 112 Å². The van der Waals surface area contributed by atoms with E-state index < -0.39 is 5.79 Å². The first-order valence-corrected chi connectivity index (χ1v) is 17.5. The molecule has 0 spiro atoms. The molecule has 4 aromatic rings. The summed E-state index contributed by atoms with van der Waals surface area (Å²) in [5.74, 6) is -0.527. The number of nitrogens with zero attached hydrogens (tertiary/aromatic N) is 8. The summed E-state index contributed by atoms with van der Waals surface area (Å²) in [6.07, 6.45) is 8.44. The van der Waals surface area contributed by atoms with Crippen LogP contribution in [0.5, 0.6) is 5.75 Å². The summed E-state index contributed by atoms with van der Waals surface area (Å²) in [5.41, 5.74) is 3.39. The highest BCUT2D eigenvalue weighted by molar-refractivity contribution is 6.35. The van der Waals surface area contributed by atoms with Crippen LogP contribution in [0.25, 0.3) is 5.69 Å². The van der Waals surface area contributed by atoms with Crippen LogP contribution >= 0.6 is 23.2 Å². The van der Waals surface area contributed by atoms with Gasteiger partial charge in [-0.15, -0.1) is 0 Å². The van der Waals surface area contributed by atoms with Crippen LogP contribution in [0.4, 0.5) is 11.4 Å². The Morgan fingerprint density at radius 2 is 1.66 bits per heavy atom. The van der Waals surface area contributed by atoms with Crippen molar-refractivity contribution < 1.29 is 14.2 Å². The molecular formula is C36H42Cl2N8O4. The topological polar surface area (TPSA) is 105 Å². The third-order valence-corrected chi connectivity index (χ3v) is 9.76. The fraction of sp³-hybridized carbons (Fsp3) is 0.389. The standard InChI is InChI=1S/C36H42Cl2N8O4/c1-5-26(3)46-35(47)45(25-41-46)31-9-7-29(8-10-31)42-15-17-43(18-16-42)30-11-13-32(14-12-30)48-20-33-21-49-36(50-33,22-44-24-39-23-40-44)27(4)34(38)19-28(37)6-2/h6-14,19,23-26,33H,4-5,15-18,20-22H2,1-3H3. The van der Waals surface area contributed by atoms with Crippen LogP contribution in [0, 0.1) is 0 Å². The van der Waals surface area contributed by atoms with E-state index in [1.807, 2.05) is 45.0 Å². The van der Waals surface area contributed by atoms with Gasteiger partial charge in [0.2, 0.25) is 5.79 Å². The normalized spacial score (nSPS) is 20.7. The molecule has 0 bridgehead atoms. The van der Waals surface area contributed by atoms with Gasteiger partial charge in [0.1, 0.15) is 44.0 Å². The Morgan fingerprint density at radius 3 is 2.26 bits per heavy atom. The molecule has 2 aliphatic rings. The van der Waals surface area contributed by atoms with Crippen LogP contribution < -0.4 is 20.2 Å². The quantitative estimate of drug-likeness (QED) is 0.155. The van der Waals surface area contributed by atoms with Crippen molar-refractivity contribution in [2.24, 2.45) is 0 Å². The first kappa shape index (κ1) is 35.5. The van der Waals surface area contributed by atoms with Gasteiger partial charge in [0.15, 0.2) is 0 Å². The largest absolute Gasteiger partial charge is 0.491 e. The Kier molecular flexibility index (Phi) is 11.1. The second-order valence-corrected chi connectivity index (χ2v) is 13.2. The average molecular weight is 722 g/mol. The number of hydrogen-bond acceptors (Lipinski definition) is 9. The number of piperazine rings is 1. The molecule has 2 aliphatic heterocycles. The molecule has 0 amide bonds. The molecule has 0 saturated carbocycles. The van der Waals surface area contributed by atoms with Crippen LogP contribution in [-0.4, -0.2) is 80.4 Å². The van der Waals surface area contributed by atoms with Gasteiger partial charge < -0.3 is 24.0 Å². The Balaban J connectivity index is 1.01. The molecular weight excluding hydrogens is 679 g/mol. The number of anilines is 2. The summed E-state index contributed by atoms with van der Waals surface area (Å²) >= 11 is 12.8. The fourth-order valence-corrected chi connectivity index (χ4v) is 6.37. The lowest BCUT2D eigenvalue weighted by Crippen LogP contribution is -2.46. The zero-order chi connectivity index (χ0) is 35.3. The van der Waals surface area contributed by atoms with Crippen LogP contribution in [0.15, 0.2) is 107 Å². The van der Waals surface area contributed by atoms with Gasteiger partial charge >= 0.3 is 5.69 Å². The molecule has 6 rings (SSSR count). The molecule has 0 radical (unpaired) electrons. The van der Waals surface area contributed by atoms with Crippen molar-refractivity contribution in [1.82, 2.24) is 29.1 Å². The van der Waals surface area contributed by atoms with Crippen LogP contribution in [-0.2, 0) is 16.0 Å². The monoisotopic (exact) mass is 720 g/mol. The van der Waals surface area contributed by atoms with Gasteiger partial charge in [-0.2, -0.15) is 10.2 Å². The predicted octanol–water partition coefficient (Wildman–Crippen LogP) is 5.94. The van der Waals surface area contributed by atoms with E-state index in [0.29, 0.717) is 15.6 Å². The van der Waals surface area contributed by atoms with Crippen LogP contribution in [0.1, 0.15) is 33.2 Å². The Morgan fingerprint density at radius 1 is 1.02 bits per heavy atom. The number of benzene rings is 2. The molecule has 3 unspecified atom stereocenters. The first-order valence-electron chi connectivity index (χ1n) is 16.7. The fourth-order valence-electron chi connectivity index (χ4n) is 5.94. The van der Waals surface area contributed by atoms with Crippen LogP contribution in [0.2, 0.25) is 0 Å². The van der Waals surface area contributed by atoms with Gasteiger partial charge in [-0.1, -0.05) is 42.8 Å². The number of rotatable bonds is 13. The third-order valence-electron chi connectivity index (χ3n) is 9.10. The second kappa shape index (κ2) is 15.7. The minimum absolute atomic E-state index is 0.0618.